The van der Waals surface area contributed by atoms with Crippen LogP contribution in [-0.2, 0) is 23.0 Å². The van der Waals surface area contributed by atoms with Gasteiger partial charge in [-0.3, -0.25) is 4.68 Å². The Bertz CT molecular complexity index is 512. The molecule has 1 aromatic rings. The molecule has 0 spiro atoms. The van der Waals surface area contributed by atoms with E-state index in [4.69, 9.17) is 9.53 Å². The second kappa shape index (κ2) is 11.6. The summed E-state index contributed by atoms with van der Waals surface area (Å²) in [6.07, 6.45) is 6.21. The molecule has 25 heavy (non-hydrogen) atoms. The first-order chi connectivity index (χ1) is 11.6. The Labute approximate surface area is 150 Å². The summed E-state index contributed by atoms with van der Waals surface area (Å²) < 4.78 is 19.6. The topological polar surface area (TPSA) is 64.4 Å². The zero-order valence-corrected chi connectivity index (χ0v) is 16.3. The molecule has 0 aliphatic carbocycles. The normalized spacial score (nSPS) is 16.3. The minimum atomic E-state index is -0.882. The molecule has 1 aliphatic heterocycles. The highest BCUT2D eigenvalue weighted by atomic mass is 19.1. The number of carbonyl (C=O) groups excluding carboxylic acids is 2. The van der Waals surface area contributed by atoms with Crippen LogP contribution in [0.4, 0.5) is 9.18 Å². The SMILES string of the molecule is CC(C)(C)OC(=O)N1CCC(F)C1.CC=O.CCCc1cnn(C)c1. The zero-order valence-electron chi connectivity index (χ0n) is 16.3. The maximum atomic E-state index is 12.7. The van der Waals surface area contributed by atoms with Crippen LogP contribution < -0.4 is 0 Å². The Morgan fingerprint density at radius 3 is 2.44 bits per heavy atom. The molecule has 7 heteroatoms. The minimum absolute atomic E-state index is 0.176. The zero-order chi connectivity index (χ0) is 19.5. The Morgan fingerprint density at radius 1 is 1.48 bits per heavy atom. The van der Waals surface area contributed by atoms with E-state index in [-0.39, 0.29) is 6.54 Å². The minimum Gasteiger partial charge on any atom is -0.444 e. The summed E-state index contributed by atoms with van der Waals surface area (Å²) >= 11 is 0. The van der Waals surface area contributed by atoms with Crippen LogP contribution in [0.25, 0.3) is 0 Å². The summed E-state index contributed by atoms with van der Waals surface area (Å²) in [5.41, 5.74) is 0.839. The van der Waals surface area contributed by atoms with E-state index >= 15 is 0 Å². The van der Waals surface area contributed by atoms with Gasteiger partial charge in [-0.05, 0) is 46.1 Å². The molecule has 1 aliphatic rings. The lowest BCUT2D eigenvalue weighted by atomic mass is 10.2. The third-order valence-electron chi connectivity index (χ3n) is 3.08. The number of amides is 1. The molecule has 2 rings (SSSR count). The van der Waals surface area contributed by atoms with Crippen LogP contribution in [-0.4, -0.2) is 51.9 Å². The summed E-state index contributed by atoms with van der Waals surface area (Å²) in [5, 5.41) is 4.05. The maximum absolute atomic E-state index is 12.7. The molecule has 6 nitrogen and oxygen atoms in total. The van der Waals surface area contributed by atoms with Crippen LogP contribution in [0, 0.1) is 0 Å². The van der Waals surface area contributed by atoms with Gasteiger partial charge < -0.3 is 14.4 Å². The Kier molecular flexibility index (Phi) is 10.7. The molecule has 1 fully saturated rings. The summed E-state index contributed by atoms with van der Waals surface area (Å²) in [6, 6.07) is 0. The Hall–Kier alpha value is -1.92. The van der Waals surface area contributed by atoms with Gasteiger partial charge in [0.05, 0.1) is 12.7 Å². The quantitative estimate of drug-likeness (QED) is 0.760. The maximum Gasteiger partial charge on any atom is 0.410 e. The van der Waals surface area contributed by atoms with E-state index in [2.05, 4.69) is 18.2 Å². The molecule has 0 aromatic carbocycles. The summed E-state index contributed by atoms with van der Waals surface area (Å²) in [5.74, 6) is 0. The Morgan fingerprint density at radius 2 is 2.08 bits per heavy atom. The van der Waals surface area contributed by atoms with Crippen molar-refractivity contribution < 1.29 is 18.7 Å². The predicted molar refractivity (Wildman–Crippen MR) is 96.3 cm³/mol. The van der Waals surface area contributed by atoms with Gasteiger partial charge in [0.25, 0.3) is 0 Å². The molecular weight excluding hydrogens is 325 g/mol. The summed E-state index contributed by atoms with van der Waals surface area (Å²) in [7, 11) is 1.94. The number of rotatable bonds is 2. The number of ether oxygens (including phenoxy) is 1. The van der Waals surface area contributed by atoms with Gasteiger partial charge in [0, 0.05) is 19.8 Å². The van der Waals surface area contributed by atoms with Crippen LogP contribution in [0.5, 0.6) is 0 Å². The van der Waals surface area contributed by atoms with E-state index in [1.807, 2.05) is 17.9 Å². The van der Waals surface area contributed by atoms with E-state index in [1.165, 1.54) is 23.8 Å². The largest absolute Gasteiger partial charge is 0.444 e. The lowest BCUT2D eigenvalue weighted by Gasteiger charge is -2.23. The predicted octanol–water partition coefficient (Wildman–Crippen LogP) is 3.54. The van der Waals surface area contributed by atoms with Gasteiger partial charge in [0.1, 0.15) is 18.1 Å². The van der Waals surface area contributed by atoms with Crippen LogP contribution >= 0.6 is 0 Å². The van der Waals surface area contributed by atoms with E-state index in [0.29, 0.717) is 13.0 Å². The number of aromatic nitrogens is 2. The van der Waals surface area contributed by atoms with Gasteiger partial charge in [-0.2, -0.15) is 5.10 Å². The molecule has 0 saturated carbocycles. The molecule has 0 radical (unpaired) electrons. The molecule has 1 aromatic heterocycles. The van der Waals surface area contributed by atoms with Crippen LogP contribution in [0.3, 0.4) is 0 Å². The highest BCUT2D eigenvalue weighted by Gasteiger charge is 2.29. The first kappa shape index (κ1) is 23.1. The number of aryl methyl sites for hydroxylation is 2. The summed E-state index contributed by atoms with van der Waals surface area (Å²) in [4.78, 5) is 21.6. The van der Waals surface area contributed by atoms with Crippen molar-refractivity contribution in [2.45, 2.75) is 65.7 Å². The number of nitrogens with zero attached hydrogens (tertiary/aromatic N) is 3. The molecule has 2 heterocycles. The third kappa shape index (κ3) is 11.3. The van der Waals surface area contributed by atoms with Crippen molar-refractivity contribution in [1.29, 1.82) is 0 Å². The van der Waals surface area contributed by atoms with Crippen LogP contribution in [0.1, 0.15) is 53.0 Å². The lowest BCUT2D eigenvalue weighted by Crippen LogP contribution is -2.35. The van der Waals surface area contributed by atoms with E-state index < -0.39 is 17.9 Å². The molecule has 1 atom stereocenters. The van der Waals surface area contributed by atoms with Crippen molar-refractivity contribution in [3.05, 3.63) is 18.0 Å². The smallest absolute Gasteiger partial charge is 0.410 e. The van der Waals surface area contributed by atoms with Crippen molar-refractivity contribution in [3.8, 4) is 0 Å². The molecule has 0 bridgehead atoms. The van der Waals surface area contributed by atoms with Crippen molar-refractivity contribution in [2.75, 3.05) is 13.1 Å². The number of carbonyl (C=O) groups is 2. The average molecular weight is 357 g/mol. The number of aldehydes is 1. The van der Waals surface area contributed by atoms with Crippen molar-refractivity contribution in [1.82, 2.24) is 14.7 Å². The molecule has 1 saturated heterocycles. The van der Waals surface area contributed by atoms with Gasteiger partial charge in [0.2, 0.25) is 0 Å². The van der Waals surface area contributed by atoms with Crippen molar-refractivity contribution >= 4 is 12.4 Å². The molecule has 144 valence electrons. The van der Waals surface area contributed by atoms with Gasteiger partial charge in [-0.25, -0.2) is 9.18 Å². The molecule has 0 N–H and O–H groups in total. The molecular formula is C18H32FN3O3. The monoisotopic (exact) mass is 357 g/mol. The van der Waals surface area contributed by atoms with Gasteiger partial charge in [0.15, 0.2) is 0 Å². The highest BCUT2D eigenvalue weighted by Crippen LogP contribution is 2.16. The summed E-state index contributed by atoms with van der Waals surface area (Å²) in [6.45, 7) is 9.66. The van der Waals surface area contributed by atoms with Gasteiger partial charge >= 0.3 is 6.09 Å². The second-order valence-electron chi connectivity index (χ2n) is 6.82. The highest BCUT2D eigenvalue weighted by molar-refractivity contribution is 5.68. The average Bonchev–Trinajstić information content (AvgIpc) is 3.08. The Balaban J connectivity index is 0.000000417. The van der Waals surface area contributed by atoms with Crippen molar-refractivity contribution in [3.63, 3.8) is 0 Å². The van der Waals surface area contributed by atoms with Gasteiger partial charge in [-0.15, -0.1) is 0 Å². The van der Waals surface area contributed by atoms with E-state index in [0.717, 1.165) is 12.7 Å². The third-order valence-corrected chi connectivity index (χ3v) is 3.08. The lowest BCUT2D eigenvalue weighted by molar-refractivity contribution is -0.106. The van der Waals surface area contributed by atoms with Crippen LogP contribution in [0.15, 0.2) is 12.4 Å². The fraction of sp³-hybridized carbons (Fsp3) is 0.722. The van der Waals surface area contributed by atoms with Crippen LogP contribution in [0.2, 0.25) is 0 Å². The number of halogens is 1. The standard InChI is InChI=1S/C9H16FNO2.C7H12N2.C2H4O/c1-9(2,3)13-8(12)11-5-4-7(10)6-11;1-3-4-7-5-8-9(2)6-7;1-2-3/h7H,4-6H2,1-3H3;5-6H,3-4H2,1-2H3;2H,1H3. The number of alkyl halides is 1. The van der Waals surface area contributed by atoms with Gasteiger partial charge in [-0.1, -0.05) is 13.3 Å². The first-order valence-electron chi connectivity index (χ1n) is 8.62. The fourth-order valence-corrected chi connectivity index (χ4v) is 2.10. The van der Waals surface area contributed by atoms with E-state index in [1.54, 1.807) is 20.8 Å². The fourth-order valence-electron chi connectivity index (χ4n) is 2.10. The number of hydrogen-bond donors (Lipinski definition) is 0. The number of hydrogen-bond acceptors (Lipinski definition) is 4. The second-order valence-corrected chi connectivity index (χ2v) is 6.82. The number of likely N-dealkylation sites (tertiary alicyclic amines) is 1. The van der Waals surface area contributed by atoms with Crippen molar-refractivity contribution in [2.24, 2.45) is 7.05 Å². The first-order valence-corrected chi connectivity index (χ1v) is 8.62. The van der Waals surface area contributed by atoms with E-state index in [9.17, 15) is 9.18 Å². The molecule has 1 amide bonds. The molecule has 1 unspecified atom stereocenters.